The molecule has 2 heterocycles. The van der Waals surface area contributed by atoms with Gasteiger partial charge in [0.15, 0.2) is 0 Å². The standard InChI is InChI=1S/C25H28N4O3S/c1-17-7-6-9-20(18(17)2)26-23(30)15-28-11-13-29(14-12-28)25(31)21-16-33-24(27-21)19-8-4-5-10-22(19)32-3/h4-10,16H,11-15H2,1-3H3,(H,26,30). The van der Waals surface area contributed by atoms with Gasteiger partial charge in [0.05, 0.1) is 19.2 Å². The van der Waals surface area contributed by atoms with Gasteiger partial charge >= 0.3 is 0 Å². The lowest BCUT2D eigenvalue weighted by Crippen LogP contribution is -2.50. The van der Waals surface area contributed by atoms with Gasteiger partial charge in [-0.1, -0.05) is 24.3 Å². The lowest BCUT2D eigenvalue weighted by atomic mass is 10.1. The molecule has 1 fully saturated rings. The molecule has 1 N–H and O–H groups in total. The van der Waals surface area contributed by atoms with E-state index < -0.39 is 0 Å². The number of thiazole rings is 1. The number of anilines is 1. The highest BCUT2D eigenvalue weighted by atomic mass is 32.1. The molecule has 0 saturated carbocycles. The van der Waals surface area contributed by atoms with E-state index in [1.54, 1.807) is 17.4 Å². The smallest absolute Gasteiger partial charge is 0.273 e. The Hall–Kier alpha value is -3.23. The minimum atomic E-state index is -0.0770. The van der Waals surface area contributed by atoms with E-state index >= 15 is 0 Å². The summed E-state index contributed by atoms with van der Waals surface area (Å²) in [6.45, 7) is 6.78. The molecule has 0 bridgehead atoms. The van der Waals surface area contributed by atoms with Crippen molar-refractivity contribution in [3.05, 3.63) is 64.7 Å². The molecule has 172 valence electrons. The number of hydrogen-bond acceptors (Lipinski definition) is 6. The largest absolute Gasteiger partial charge is 0.496 e. The summed E-state index contributed by atoms with van der Waals surface area (Å²) in [5.41, 5.74) is 4.40. The SMILES string of the molecule is COc1ccccc1-c1nc(C(=O)N2CCN(CC(=O)Nc3cccc(C)c3C)CC2)cs1. The van der Waals surface area contributed by atoms with E-state index in [1.165, 1.54) is 11.3 Å². The fraction of sp³-hybridized carbons (Fsp3) is 0.320. The maximum absolute atomic E-state index is 13.0. The lowest BCUT2D eigenvalue weighted by molar-refractivity contribution is -0.117. The average Bonchev–Trinajstić information content (AvgIpc) is 3.32. The monoisotopic (exact) mass is 464 g/mol. The highest BCUT2D eigenvalue weighted by Gasteiger charge is 2.25. The first-order valence-corrected chi connectivity index (χ1v) is 11.8. The number of nitrogens with one attached hydrogen (secondary N) is 1. The van der Waals surface area contributed by atoms with Crippen molar-refractivity contribution in [1.82, 2.24) is 14.8 Å². The van der Waals surface area contributed by atoms with Crippen LogP contribution in [0, 0.1) is 13.8 Å². The second-order valence-electron chi connectivity index (χ2n) is 8.10. The summed E-state index contributed by atoms with van der Waals surface area (Å²) in [6.07, 6.45) is 0. The second-order valence-corrected chi connectivity index (χ2v) is 8.96. The Labute approximate surface area is 198 Å². The van der Waals surface area contributed by atoms with Gasteiger partial charge in [0.25, 0.3) is 5.91 Å². The Balaban J connectivity index is 1.32. The summed E-state index contributed by atoms with van der Waals surface area (Å²) >= 11 is 1.43. The molecule has 1 saturated heterocycles. The third-order valence-electron chi connectivity index (χ3n) is 5.97. The lowest BCUT2D eigenvalue weighted by Gasteiger charge is -2.34. The quantitative estimate of drug-likeness (QED) is 0.600. The number of para-hydroxylation sites is 1. The van der Waals surface area contributed by atoms with E-state index in [9.17, 15) is 9.59 Å². The Morgan fingerprint density at radius 3 is 2.58 bits per heavy atom. The van der Waals surface area contributed by atoms with Crippen molar-refractivity contribution in [3.63, 3.8) is 0 Å². The molecule has 0 aliphatic carbocycles. The van der Waals surface area contributed by atoms with E-state index in [-0.39, 0.29) is 11.8 Å². The van der Waals surface area contributed by atoms with Crippen LogP contribution in [-0.2, 0) is 4.79 Å². The first-order chi connectivity index (χ1) is 16.0. The van der Waals surface area contributed by atoms with E-state index in [2.05, 4.69) is 15.2 Å². The minimum Gasteiger partial charge on any atom is -0.496 e. The predicted molar refractivity (Wildman–Crippen MR) is 131 cm³/mol. The molecule has 3 aromatic rings. The molecule has 2 aromatic carbocycles. The number of nitrogens with zero attached hydrogens (tertiary/aromatic N) is 3. The van der Waals surface area contributed by atoms with Gasteiger partial charge in [0.1, 0.15) is 16.5 Å². The van der Waals surface area contributed by atoms with E-state index in [0.29, 0.717) is 38.4 Å². The normalized spacial score (nSPS) is 14.2. The van der Waals surface area contributed by atoms with Crippen LogP contribution in [0.2, 0.25) is 0 Å². The molecule has 0 radical (unpaired) electrons. The van der Waals surface area contributed by atoms with Gasteiger partial charge in [0.2, 0.25) is 5.91 Å². The van der Waals surface area contributed by atoms with Crippen LogP contribution in [0.5, 0.6) is 5.75 Å². The minimum absolute atomic E-state index is 0.0376. The number of hydrogen-bond donors (Lipinski definition) is 1. The summed E-state index contributed by atoms with van der Waals surface area (Å²) < 4.78 is 5.41. The highest BCUT2D eigenvalue weighted by Crippen LogP contribution is 2.32. The molecule has 4 rings (SSSR count). The Morgan fingerprint density at radius 2 is 1.82 bits per heavy atom. The molecule has 1 aliphatic rings. The predicted octanol–water partition coefficient (Wildman–Crippen LogP) is 3.83. The molecule has 33 heavy (non-hydrogen) atoms. The highest BCUT2D eigenvalue weighted by molar-refractivity contribution is 7.13. The van der Waals surface area contributed by atoms with Crippen molar-refractivity contribution >= 4 is 28.8 Å². The van der Waals surface area contributed by atoms with E-state index in [0.717, 1.165) is 33.1 Å². The van der Waals surface area contributed by atoms with Gasteiger partial charge in [-0.15, -0.1) is 11.3 Å². The van der Waals surface area contributed by atoms with Gasteiger partial charge in [-0.25, -0.2) is 4.98 Å². The number of aromatic nitrogens is 1. The van der Waals surface area contributed by atoms with Crippen molar-refractivity contribution in [1.29, 1.82) is 0 Å². The maximum atomic E-state index is 13.0. The number of amides is 2. The zero-order valence-corrected chi connectivity index (χ0v) is 19.9. The second kappa shape index (κ2) is 10.1. The van der Waals surface area contributed by atoms with E-state index in [1.807, 2.05) is 56.3 Å². The van der Waals surface area contributed by atoms with Crippen molar-refractivity contribution < 1.29 is 14.3 Å². The molecule has 1 aromatic heterocycles. The number of aryl methyl sites for hydroxylation is 1. The maximum Gasteiger partial charge on any atom is 0.273 e. The molecule has 8 heteroatoms. The molecular weight excluding hydrogens is 436 g/mol. The number of rotatable bonds is 6. The van der Waals surface area contributed by atoms with Crippen LogP contribution >= 0.6 is 11.3 Å². The third kappa shape index (κ3) is 5.23. The van der Waals surface area contributed by atoms with Crippen LogP contribution < -0.4 is 10.1 Å². The molecule has 7 nitrogen and oxygen atoms in total. The summed E-state index contributed by atoms with van der Waals surface area (Å²) in [7, 11) is 1.63. The van der Waals surface area contributed by atoms with Crippen LogP contribution in [0.15, 0.2) is 47.8 Å². The van der Waals surface area contributed by atoms with Crippen molar-refractivity contribution in [2.24, 2.45) is 0 Å². The molecule has 2 amide bonds. The van der Waals surface area contributed by atoms with Gasteiger partial charge in [0, 0.05) is 37.2 Å². The number of carbonyl (C=O) groups is 2. The summed E-state index contributed by atoms with van der Waals surface area (Å²) in [5.74, 6) is 0.620. The fourth-order valence-electron chi connectivity index (χ4n) is 3.87. The van der Waals surface area contributed by atoms with Crippen molar-refractivity contribution in [3.8, 4) is 16.3 Å². The molecule has 0 unspecified atom stereocenters. The van der Waals surface area contributed by atoms with Crippen molar-refractivity contribution in [2.75, 3.05) is 45.2 Å². The summed E-state index contributed by atoms with van der Waals surface area (Å²) in [4.78, 5) is 33.9. The van der Waals surface area contributed by atoms with Crippen LogP contribution in [-0.4, -0.2) is 66.4 Å². The average molecular weight is 465 g/mol. The van der Waals surface area contributed by atoms with Crippen LogP contribution in [0.25, 0.3) is 10.6 Å². The third-order valence-corrected chi connectivity index (χ3v) is 6.84. The molecule has 0 atom stereocenters. The zero-order chi connectivity index (χ0) is 23.4. The van der Waals surface area contributed by atoms with Gasteiger partial charge < -0.3 is 15.0 Å². The number of benzene rings is 2. The molecule has 0 spiro atoms. The van der Waals surface area contributed by atoms with Crippen LogP contribution in [0.3, 0.4) is 0 Å². The summed E-state index contributed by atoms with van der Waals surface area (Å²) in [5, 5.41) is 5.57. The first-order valence-electron chi connectivity index (χ1n) is 10.9. The van der Waals surface area contributed by atoms with Gasteiger partial charge in [-0.2, -0.15) is 0 Å². The summed E-state index contributed by atoms with van der Waals surface area (Å²) in [6, 6.07) is 13.6. The number of carbonyl (C=O) groups excluding carboxylic acids is 2. The van der Waals surface area contributed by atoms with Gasteiger partial charge in [-0.05, 0) is 43.2 Å². The number of ether oxygens (including phenoxy) is 1. The Bertz CT molecular complexity index is 1150. The topological polar surface area (TPSA) is 74.8 Å². The molecule has 1 aliphatic heterocycles. The Morgan fingerprint density at radius 1 is 1.06 bits per heavy atom. The fourth-order valence-corrected chi connectivity index (χ4v) is 4.69. The molecular formula is C25H28N4O3S. The van der Waals surface area contributed by atoms with Crippen molar-refractivity contribution in [2.45, 2.75) is 13.8 Å². The van der Waals surface area contributed by atoms with Crippen LogP contribution in [0.1, 0.15) is 21.6 Å². The Kier molecular flexibility index (Phi) is 7.05. The zero-order valence-electron chi connectivity index (χ0n) is 19.1. The van der Waals surface area contributed by atoms with E-state index in [4.69, 9.17) is 4.74 Å². The number of methoxy groups -OCH3 is 1. The van der Waals surface area contributed by atoms with Gasteiger partial charge in [-0.3, -0.25) is 14.5 Å². The van der Waals surface area contributed by atoms with Crippen LogP contribution in [0.4, 0.5) is 5.69 Å². The number of piperazine rings is 1. The first kappa shape index (κ1) is 22.9.